The van der Waals surface area contributed by atoms with E-state index in [1.807, 2.05) is 13.0 Å². The summed E-state index contributed by atoms with van der Waals surface area (Å²) in [5.41, 5.74) is 1.37. The number of sulfone groups is 1. The second-order valence-electron chi connectivity index (χ2n) is 6.77. The van der Waals surface area contributed by atoms with Crippen LogP contribution in [0.3, 0.4) is 0 Å². The molecule has 0 spiro atoms. The van der Waals surface area contributed by atoms with E-state index in [0.717, 1.165) is 0 Å². The number of aromatic nitrogens is 1. The van der Waals surface area contributed by atoms with Gasteiger partial charge in [-0.05, 0) is 24.6 Å². The van der Waals surface area contributed by atoms with Crippen LogP contribution in [0, 0.1) is 0 Å². The third kappa shape index (κ3) is 6.40. The molecule has 0 bridgehead atoms. The van der Waals surface area contributed by atoms with Crippen molar-refractivity contribution < 1.29 is 17.9 Å². The molecule has 0 fully saturated rings. The Hall–Kier alpha value is -1.71. The van der Waals surface area contributed by atoms with Crippen LogP contribution in [0.5, 0.6) is 0 Å². The summed E-state index contributed by atoms with van der Waals surface area (Å²) >= 11 is 13.9. The maximum Gasteiger partial charge on any atom is 0.249 e. The zero-order valence-corrected chi connectivity index (χ0v) is 20.0. The van der Waals surface area contributed by atoms with Gasteiger partial charge in [0.1, 0.15) is 0 Å². The Morgan fingerprint density at radius 1 is 1.13 bits per heavy atom. The number of carbonyl (C=O) groups excluding carboxylic acids is 1. The number of thiazole rings is 1. The maximum atomic E-state index is 12.5. The van der Waals surface area contributed by atoms with E-state index in [-0.39, 0.29) is 17.9 Å². The lowest BCUT2D eigenvalue weighted by Gasteiger charge is -2.07. The summed E-state index contributed by atoms with van der Waals surface area (Å²) in [6.45, 7) is 3.30. The number of hydrogen-bond acceptors (Lipinski definition) is 5. The van der Waals surface area contributed by atoms with E-state index in [1.165, 1.54) is 11.3 Å². The van der Waals surface area contributed by atoms with Crippen molar-refractivity contribution in [2.45, 2.75) is 25.6 Å². The first-order valence-electron chi connectivity index (χ1n) is 9.67. The minimum Gasteiger partial charge on any atom is -0.380 e. The molecule has 0 saturated heterocycles. The van der Waals surface area contributed by atoms with Gasteiger partial charge < -0.3 is 9.30 Å². The minimum atomic E-state index is -3.43. The van der Waals surface area contributed by atoms with Crippen LogP contribution in [0.15, 0.2) is 47.5 Å². The lowest BCUT2D eigenvalue weighted by molar-refractivity contribution is -0.117. The molecule has 0 N–H and O–H groups in total. The summed E-state index contributed by atoms with van der Waals surface area (Å²) in [7, 11) is -3.43. The zero-order chi connectivity index (χ0) is 22.4. The first-order valence-corrected chi connectivity index (χ1v) is 13.1. The Bertz CT molecular complexity index is 1240. The lowest BCUT2D eigenvalue weighted by atomic mass is 10.2. The molecule has 2 aromatic carbocycles. The molecular weight excluding hydrogens is 479 g/mol. The van der Waals surface area contributed by atoms with Gasteiger partial charge in [-0.25, -0.2) is 8.42 Å². The first kappa shape index (κ1) is 23.9. The van der Waals surface area contributed by atoms with E-state index in [4.69, 9.17) is 27.9 Å². The molecule has 1 amide bonds. The van der Waals surface area contributed by atoms with Crippen molar-refractivity contribution in [3.05, 3.63) is 62.9 Å². The standard InChI is InChI=1S/C21H22Cl2N2O4S2/c1-2-29-12-11-25-19-16(22)8-9-17(23)20(19)30-21(25)24-18(26)10-13-31(27,28)14-15-6-4-3-5-7-15/h3-9H,2,10-14H2,1H3. The number of hydrogen-bond donors (Lipinski definition) is 0. The molecule has 1 aromatic heterocycles. The fourth-order valence-corrected chi connectivity index (χ4v) is 6.03. The van der Waals surface area contributed by atoms with Crippen molar-refractivity contribution in [3.63, 3.8) is 0 Å². The monoisotopic (exact) mass is 500 g/mol. The van der Waals surface area contributed by atoms with Crippen LogP contribution in [0.4, 0.5) is 0 Å². The molecule has 0 aliphatic rings. The predicted molar refractivity (Wildman–Crippen MR) is 125 cm³/mol. The summed E-state index contributed by atoms with van der Waals surface area (Å²) in [6, 6.07) is 12.3. The number of benzene rings is 2. The Kier molecular flexibility index (Phi) is 8.30. The smallest absolute Gasteiger partial charge is 0.249 e. The fourth-order valence-electron chi connectivity index (χ4n) is 3.01. The fraction of sp³-hybridized carbons (Fsp3) is 0.333. The molecule has 0 radical (unpaired) electrons. The maximum absolute atomic E-state index is 12.5. The van der Waals surface area contributed by atoms with E-state index in [9.17, 15) is 13.2 Å². The lowest BCUT2D eigenvalue weighted by Crippen LogP contribution is -2.20. The molecular formula is C21H22Cl2N2O4S2. The van der Waals surface area contributed by atoms with Crippen LogP contribution in [0.25, 0.3) is 10.2 Å². The highest BCUT2D eigenvalue weighted by atomic mass is 35.5. The number of rotatable bonds is 9. The molecule has 0 aliphatic carbocycles. The third-order valence-electron chi connectivity index (χ3n) is 4.47. The highest BCUT2D eigenvalue weighted by Crippen LogP contribution is 2.31. The van der Waals surface area contributed by atoms with Gasteiger partial charge in [-0.15, -0.1) is 0 Å². The van der Waals surface area contributed by atoms with Crippen LogP contribution in [0.1, 0.15) is 18.9 Å². The van der Waals surface area contributed by atoms with Crippen LogP contribution in [-0.4, -0.2) is 37.9 Å². The second-order valence-corrected chi connectivity index (χ2v) is 10.7. The van der Waals surface area contributed by atoms with Gasteiger partial charge in [0.15, 0.2) is 14.6 Å². The van der Waals surface area contributed by atoms with Gasteiger partial charge in [0.05, 0.1) is 38.4 Å². The normalized spacial score (nSPS) is 12.5. The minimum absolute atomic E-state index is 0.108. The first-order chi connectivity index (χ1) is 14.8. The average Bonchev–Trinajstić information content (AvgIpc) is 3.09. The summed E-state index contributed by atoms with van der Waals surface area (Å²) in [6.07, 6.45) is -0.198. The Morgan fingerprint density at radius 3 is 2.55 bits per heavy atom. The molecule has 3 aromatic rings. The van der Waals surface area contributed by atoms with Gasteiger partial charge in [0.2, 0.25) is 5.91 Å². The zero-order valence-electron chi connectivity index (χ0n) is 16.9. The summed E-state index contributed by atoms with van der Waals surface area (Å²) in [5.74, 6) is -0.889. The number of halogens is 2. The van der Waals surface area contributed by atoms with E-state index < -0.39 is 15.7 Å². The molecule has 10 heteroatoms. The number of ether oxygens (including phenoxy) is 1. The van der Waals surface area contributed by atoms with Crippen molar-refractivity contribution in [2.75, 3.05) is 19.0 Å². The Balaban J connectivity index is 1.83. The number of fused-ring (bicyclic) bond motifs is 1. The van der Waals surface area contributed by atoms with Crippen molar-refractivity contribution in [2.24, 2.45) is 4.99 Å². The Morgan fingerprint density at radius 2 is 1.84 bits per heavy atom. The molecule has 0 saturated carbocycles. The molecule has 166 valence electrons. The number of carbonyl (C=O) groups is 1. The van der Waals surface area contributed by atoms with Gasteiger partial charge in [-0.2, -0.15) is 4.99 Å². The summed E-state index contributed by atoms with van der Waals surface area (Å²) in [4.78, 5) is 17.1. The molecule has 6 nitrogen and oxygen atoms in total. The van der Waals surface area contributed by atoms with Crippen LogP contribution < -0.4 is 4.80 Å². The number of amides is 1. The highest BCUT2D eigenvalue weighted by molar-refractivity contribution is 7.90. The van der Waals surface area contributed by atoms with Crippen molar-refractivity contribution in [1.82, 2.24) is 4.57 Å². The van der Waals surface area contributed by atoms with Gasteiger partial charge in [0.25, 0.3) is 0 Å². The van der Waals surface area contributed by atoms with E-state index in [2.05, 4.69) is 4.99 Å². The van der Waals surface area contributed by atoms with E-state index in [1.54, 1.807) is 41.0 Å². The highest BCUT2D eigenvalue weighted by Gasteiger charge is 2.16. The molecule has 31 heavy (non-hydrogen) atoms. The quantitative estimate of drug-likeness (QED) is 0.405. The topological polar surface area (TPSA) is 77.7 Å². The van der Waals surface area contributed by atoms with Gasteiger partial charge in [-0.1, -0.05) is 64.9 Å². The van der Waals surface area contributed by atoms with Crippen molar-refractivity contribution in [1.29, 1.82) is 0 Å². The second kappa shape index (κ2) is 10.7. The van der Waals surface area contributed by atoms with Gasteiger partial charge >= 0.3 is 0 Å². The SMILES string of the molecule is CCOCCn1c(=NC(=O)CCS(=O)(=O)Cc2ccccc2)sc2c(Cl)ccc(Cl)c21. The van der Waals surface area contributed by atoms with E-state index >= 15 is 0 Å². The van der Waals surface area contributed by atoms with Crippen LogP contribution >= 0.6 is 34.5 Å². The number of nitrogens with zero attached hydrogens (tertiary/aromatic N) is 2. The van der Waals surface area contributed by atoms with Gasteiger partial charge in [-0.3, -0.25) is 4.79 Å². The molecule has 1 heterocycles. The summed E-state index contributed by atoms with van der Waals surface area (Å²) < 4.78 is 32.7. The molecule has 3 rings (SSSR count). The average molecular weight is 501 g/mol. The molecule has 0 unspecified atom stereocenters. The van der Waals surface area contributed by atoms with Crippen molar-refractivity contribution >= 4 is 60.5 Å². The summed E-state index contributed by atoms with van der Waals surface area (Å²) in [5, 5.41) is 1.00. The third-order valence-corrected chi connectivity index (χ3v) is 7.91. The largest absolute Gasteiger partial charge is 0.380 e. The molecule has 0 atom stereocenters. The molecule has 0 aliphatic heterocycles. The van der Waals surface area contributed by atoms with Gasteiger partial charge in [0, 0.05) is 19.6 Å². The van der Waals surface area contributed by atoms with Crippen LogP contribution in [-0.2, 0) is 31.7 Å². The predicted octanol–water partition coefficient (Wildman–Crippen LogP) is 4.48. The van der Waals surface area contributed by atoms with E-state index in [0.29, 0.717) is 50.4 Å². The van der Waals surface area contributed by atoms with Crippen LogP contribution in [0.2, 0.25) is 10.0 Å². The van der Waals surface area contributed by atoms with Crippen molar-refractivity contribution in [3.8, 4) is 0 Å². The Labute approximate surface area is 195 Å².